The lowest BCUT2D eigenvalue weighted by molar-refractivity contribution is -0.740. The monoisotopic (exact) mass is 1430 g/mol. The number of allylic oxidation sites excluding steroid dienone is 6. The maximum atomic E-state index is 3.96. The summed E-state index contributed by atoms with van der Waals surface area (Å²) in [5, 5.41) is 7.91. The van der Waals surface area contributed by atoms with Crippen molar-refractivity contribution >= 4 is 101 Å². The van der Waals surface area contributed by atoms with Crippen molar-refractivity contribution in [3.63, 3.8) is 0 Å². The summed E-state index contributed by atoms with van der Waals surface area (Å²) in [5.74, 6) is 0. The van der Waals surface area contributed by atoms with Crippen LogP contribution in [-0.2, 0) is 38.5 Å². The molecule has 0 unspecified atom stereocenters. The Balaban J connectivity index is 0.000000125. The van der Waals surface area contributed by atoms with E-state index in [1.54, 1.807) is 0 Å². The first-order valence-corrected chi connectivity index (χ1v) is 39.0. The van der Waals surface area contributed by atoms with Crippen molar-refractivity contribution in [2.45, 2.75) is 132 Å². The van der Waals surface area contributed by atoms with Crippen LogP contribution in [0.1, 0.15) is 136 Å². The smallest absolute Gasteiger partial charge is 0.121 e. The van der Waals surface area contributed by atoms with Crippen LogP contribution in [0.15, 0.2) is 300 Å². The van der Waals surface area contributed by atoms with Crippen LogP contribution in [0.4, 0.5) is 34.1 Å². The van der Waals surface area contributed by atoms with Crippen LogP contribution < -0.4 is 0 Å². The van der Waals surface area contributed by atoms with E-state index in [0.29, 0.717) is 0 Å². The minimum absolute atomic E-state index is 0.314. The highest BCUT2D eigenvalue weighted by molar-refractivity contribution is 6.60. The summed E-state index contributed by atoms with van der Waals surface area (Å²) in [4.78, 5) is 0. The van der Waals surface area contributed by atoms with Gasteiger partial charge in [-0.05, 0) is 189 Å². The lowest BCUT2D eigenvalue weighted by Gasteiger charge is -2.20. The van der Waals surface area contributed by atoms with E-state index in [4.69, 9.17) is 0 Å². The molecule has 0 atom stereocenters. The number of hydrogen-bond acceptors (Lipinski definition) is 0. The predicted molar refractivity (Wildman–Crippen MR) is 464 cm³/mol. The Morgan fingerprint density at radius 3 is 0.755 bits per heavy atom. The van der Waals surface area contributed by atoms with Crippen molar-refractivity contribution in [3.05, 3.63) is 395 Å². The molecule has 6 heteroatoms. The third kappa shape index (κ3) is 11.6. The SMILES string of the molecule is C=CCc1ccc([N+]2=C3C(=[N+](c4c(C)cc(CC=C)cc4C)C2(C)C)c2cccc4cccc3c24)cc1.C=CCc1ccc([N+]2=C3C(=[N+](c4ccc(CC=C)cc4C)C2(C)C)c2cccc4cccc3c24)c(C)c1.C=CCc1ccc([N+]2=C3C(=[N+](c4ccc(CC=C)cc4C)C2(C)C)c2cccc4cccc3c24)cc1. The van der Waals surface area contributed by atoms with Crippen LogP contribution in [0.3, 0.4) is 0 Å². The highest BCUT2D eigenvalue weighted by Gasteiger charge is 2.64. The van der Waals surface area contributed by atoms with Crippen molar-refractivity contribution < 1.29 is 27.5 Å². The van der Waals surface area contributed by atoms with E-state index in [1.807, 2.05) is 36.5 Å². The Hall–Kier alpha value is -12.1. The van der Waals surface area contributed by atoms with Gasteiger partial charge >= 0.3 is 17.0 Å². The molecule has 540 valence electrons. The Kier molecular flexibility index (Phi) is 18.4. The fourth-order valence-electron chi connectivity index (χ4n) is 19.2. The molecular weight excluding hydrogens is 1330 g/mol. The molecule has 0 saturated carbocycles. The van der Waals surface area contributed by atoms with Crippen LogP contribution >= 0.6 is 0 Å². The second-order valence-corrected chi connectivity index (χ2v) is 31.9. The molecule has 0 bridgehead atoms. The molecule has 3 heterocycles. The zero-order valence-corrected chi connectivity index (χ0v) is 66.0. The molecule has 0 amide bonds. The maximum Gasteiger partial charge on any atom is 0.357 e. The number of hydrogen-bond donors (Lipinski definition) is 0. The van der Waals surface area contributed by atoms with Crippen molar-refractivity contribution in [3.8, 4) is 0 Å². The zero-order chi connectivity index (χ0) is 76.8. The summed E-state index contributed by atoms with van der Waals surface area (Å²) in [7, 11) is 0. The first kappa shape index (κ1) is 72.1. The molecule has 0 aromatic heterocycles. The molecule has 0 spiro atoms. The minimum atomic E-state index is -0.324. The van der Waals surface area contributed by atoms with Gasteiger partial charge < -0.3 is 0 Å². The topological polar surface area (TPSA) is 18.1 Å². The Morgan fingerprint density at radius 2 is 0.473 bits per heavy atom. The molecule has 12 aromatic rings. The fourth-order valence-corrected chi connectivity index (χ4v) is 19.2. The van der Waals surface area contributed by atoms with E-state index < -0.39 is 0 Å². The van der Waals surface area contributed by atoms with E-state index >= 15 is 0 Å². The normalized spacial score (nSPS) is 15.5. The van der Waals surface area contributed by atoms with E-state index in [2.05, 4.69) is 368 Å². The predicted octanol–water partition coefficient (Wildman–Crippen LogP) is 23.5. The molecule has 6 nitrogen and oxygen atoms in total. The molecular formula is C104H100N6+6. The lowest BCUT2D eigenvalue weighted by atomic mass is 9.99. The fraction of sp³-hybridized carbons (Fsp3) is 0.192. The Bertz CT molecular complexity index is 6030. The van der Waals surface area contributed by atoms with Crippen LogP contribution in [0.2, 0.25) is 0 Å². The van der Waals surface area contributed by atoms with Gasteiger partial charge in [-0.15, -0.1) is 66.9 Å². The molecule has 0 radical (unpaired) electrons. The van der Waals surface area contributed by atoms with Gasteiger partial charge in [-0.3, -0.25) is 0 Å². The summed E-state index contributed by atoms with van der Waals surface area (Å²) in [6.07, 6.45) is 17.1. The van der Waals surface area contributed by atoms with E-state index in [1.165, 1.54) is 195 Å². The van der Waals surface area contributed by atoms with Crippen molar-refractivity contribution in [2.75, 3.05) is 0 Å². The number of rotatable bonds is 18. The summed E-state index contributed by atoms with van der Waals surface area (Å²) in [6.45, 7) is 48.9. The van der Waals surface area contributed by atoms with Gasteiger partial charge in [0.2, 0.25) is 34.1 Å². The zero-order valence-electron chi connectivity index (χ0n) is 66.0. The van der Waals surface area contributed by atoms with Gasteiger partial charge in [-0.25, -0.2) is 0 Å². The Morgan fingerprint density at radius 1 is 0.245 bits per heavy atom. The third-order valence-corrected chi connectivity index (χ3v) is 23.5. The average Bonchev–Trinajstić information content (AvgIpc) is 1.54. The molecule has 3 aliphatic carbocycles. The largest absolute Gasteiger partial charge is 0.357 e. The summed E-state index contributed by atoms with van der Waals surface area (Å²) in [6, 6.07) is 83.5. The first-order valence-electron chi connectivity index (χ1n) is 39.0. The van der Waals surface area contributed by atoms with Gasteiger partial charge in [0.25, 0.3) is 34.3 Å². The first-order chi connectivity index (χ1) is 53.2. The molecule has 0 fully saturated rings. The van der Waals surface area contributed by atoms with E-state index in [0.717, 1.165) is 38.5 Å². The van der Waals surface area contributed by atoms with E-state index in [9.17, 15) is 0 Å². The number of benzene rings is 12. The highest BCUT2D eigenvalue weighted by Crippen LogP contribution is 2.48. The van der Waals surface area contributed by atoms with Gasteiger partial charge in [-0.2, -0.15) is 0 Å². The standard InChI is InChI=1S/2C35H34N2.C34H32N2/c1-7-11-25-17-19-30(23(3)21-25)36-33-28-15-9-13-27-14-10-16-29(32(27)28)34(33)37(35(36,5)6)31-20-18-26(12-8-2)22-24(31)4;1-7-11-25-17-19-28(20-18-25)36-33-29-15-9-13-27-14-10-16-30(31(27)29)34(33)37(35(36,5)6)32-23(3)21-26(12-8-2)22-24(32)4;1-6-10-24-16-19-27(20-17-24)35-32-28-14-8-12-26-13-9-15-29(31(26)28)33(32)36(34(35,4)5)30-21-18-25(11-7-2)22-23(30)3/h2*7-10,13-22H,1-2,11-12H2,3-6H3;6-9,12-22H,1-2,10-11H2,3-5H3/q3*+2. The number of aryl methyl sites for hydroxylation is 5. The molecule has 110 heavy (non-hydrogen) atoms. The van der Waals surface area contributed by atoms with Gasteiger partial charge in [-0.1, -0.05) is 152 Å². The van der Waals surface area contributed by atoms with Gasteiger partial charge in [0.15, 0.2) is 0 Å². The summed E-state index contributed by atoms with van der Waals surface area (Å²) >= 11 is 0. The van der Waals surface area contributed by atoms with Crippen LogP contribution in [0.5, 0.6) is 0 Å². The number of fused-ring (bicyclic) bond motifs is 9. The quantitative estimate of drug-likeness (QED) is 0.0602. The van der Waals surface area contributed by atoms with Crippen LogP contribution in [0.25, 0.3) is 32.3 Å². The molecule has 18 rings (SSSR count). The second kappa shape index (κ2) is 28.1. The highest BCUT2D eigenvalue weighted by atomic mass is 15.4. The van der Waals surface area contributed by atoms with Crippen LogP contribution in [0, 0.1) is 34.6 Å². The molecule has 0 saturated heterocycles. The number of nitrogens with zero attached hydrogens (tertiary/aromatic N) is 6. The molecule has 12 aromatic carbocycles. The van der Waals surface area contributed by atoms with Crippen molar-refractivity contribution in [2.24, 2.45) is 0 Å². The lowest BCUT2D eigenvalue weighted by Crippen LogP contribution is -2.40. The molecule has 0 N–H and O–H groups in total. The van der Waals surface area contributed by atoms with Gasteiger partial charge in [0.05, 0.1) is 74.9 Å². The van der Waals surface area contributed by atoms with Crippen molar-refractivity contribution in [1.29, 1.82) is 0 Å². The van der Waals surface area contributed by atoms with Gasteiger partial charge in [0.1, 0.15) is 0 Å². The average molecular weight is 1430 g/mol. The Labute approximate surface area is 650 Å². The second-order valence-electron chi connectivity index (χ2n) is 31.9. The molecule has 3 aliphatic heterocycles. The summed E-state index contributed by atoms with van der Waals surface area (Å²) < 4.78 is 15.4. The van der Waals surface area contributed by atoms with Crippen molar-refractivity contribution in [1.82, 2.24) is 0 Å². The third-order valence-electron chi connectivity index (χ3n) is 23.5. The minimum Gasteiger partial charge on any atom is -0.121 e. The summed E-state index contributed by atoms with van der Waals surface area (Å²) in [5.41, 5.74) is 36.3. The maximum absolute atomic E-state index is 3.96. The van der Waals surface area contributed by atoms with E-state index in [-0.39, 0.29) is 17.0 Å². The van der Waals surface area contributed by atoms with Gasteiger partial charge in [0, 0.05) is 86.4 Å². The molecule has 6 aliphatic rings. The van der Waals surface area contributed by atoms with Crippen LogP contribution in [-0.4, -0.2) is 78.7 Å².